The maximum absolute atomic E-state index is 12.9. The first-order valence-corrected chi connectivity index (χ1v) is 7.41. The molecule has 1 aromatic rings. The van der Waals surface area contributed by atoms with Crippen LogP contribution in [-0.4, -0.2) is 23.5 Å². The quantitative estimate of drug-likeness (QED) is 0.760. The van der Waals surface area contributed by atoms with Gasteiger partial charge >= 0.3 is 6.18 Å². The highest BCUT2D eigenvalue weighted by Gasteiger charge is 2.34. The maximum Gasteiger partial charge on any atom is 0.419 e. The second kappa shape index (κ2) is 6.64. The molecule has 1 heterocycles. The summed E-state index contributed by atoms with van der Waals surface area (Å²) >= 11 is 2.98. The van der Waals surface area contributed by atoms with Gasteiger partial charge in [-0.15, -0.1) is 0 Å². The molecule has 21 heavy (non-hydrogen) atoms. The van der Waals surface area contributed by atoms with Gasteiger partial charge in [0.1, 0.15) is 5.82 Å². The molecular weight excluding hydrogens is 351 g/mol. The number of rotatable bonds is 6. The van der Waals surface area contributed by atoms with Crippen LogP contribution in [-0.2, 0) is 11.0 Å². The van der Waals surface area contributed by atoms with Gasteiger partial charge in [0.15, 0.2) is 0 Å². The van der Waals surface area contributed by atoms with E-state index in [0.717, 1.165) is 18.9 Å². The molecule has 0 spiro atoms. The lowest BCUT2D eigenvalue weighted by molar-refractivity contribution is -0.137. The van der Waals surface area contributed by atoms with Gasteiger partial charge in [0.2, 0.25) is 5.91 Å². The van der Waals surface area contributed by atoms with Crippen LogP contribution < -0.4 is 10.6 Å². The molecule has 116 valence electrons. The molecule has 1 fully saturated rings. The predicted molar refractivity (Wildman–Crippen MR) is 75.8 cm³/mol. The van der Waals surface area contributed by atoms with Crippen molar-refractivity contribution in [3.63, 3.8) is 0 Å². The summed E-state index contributed by atoms with van der Waals surface area (Å²) in [5, 5.41) is 5.47. The Balaban J connectivity index is 1.83. The van der Waals surface area contributed by atoms with Gasteiger partial charge in [0.25, 0.3) is 0 Å². The lowest BCUT2D eigenvalue weighted by atomic mass is 10.2. The number of anilines is 1. The van der Waals surface area contributed by atoms with Gasteiger partial charge in [0, 0.05) is 29.7 Å². The number of carbonyl (C=O) groups is 1. The molecule has 0 aliphatic heterocycles. The summed E-state index contributed by atoms with van der Waals surface area (Å²) in [5.41, 5.74) is -0.820. The molecule has 0 radical (unpaired) electrons. The van der Waals surface area contributed by atoms with Gasteiger partial charge in [-0.05, 0) is 41.3 Å². The summed E-state index contributed by atoms with van der Waals surface area (Å²) in [5.74, 6) is -0.271. The number of alkyl halides is 3. The molecule has 8 heteroatoms. The molecule has 1 saturated carbocycles. The van der Waals surface area contributed by atoms with Crippen molar-refractivity contribution in [1.29, 1.82) is 0 Å². The lowest BCUT2D eigenvalue weighted by Gasteiger charge is -2.13. The van der Waals surface area contributed by atoms with Crippen LogP contribution in [0.4, 0.5) is 19.0 Å². The fourth-order valence-corrected chi connectivity index (χ4v) is 2.11. The standard InChI is InChI=1S/C13H15BrF3N3O/c14-8-6-10(13(15,16)17)12(19-7-8)18-5-1-2-11(21)20-9-3-4-9/h6-7,9H,1-5H2,(H,18,19)(H,20,21). The average Bonchev–Trinajstić information content (AvgIpc) is 3.18. The number of amides is 1. The number of carbonyl (C=O) groups excluding carboxylic acids is 1. The van der Waals surface area contributed by atoms with Gasteiger partial charge in [-0.2, -0.15) is 13.2 Å². The second-order valence-corrected chi connectivity index (χ2v) is 5.84. The van der Waals surface area contributed by atoms with E-state index in [1.807, 2.05) is 0 Å². The third-order valence-corrected chi connectivity index (χ3v) is 3.41. The summed E-state index contributed by atoms with van der Waals surface area (Å²) in [6.45, 7) is 0.260. The van der Waals surface area contributed by atoms with Crippen LogP contribution in [0.2, 0.25) is 0 Å². The molecular formula is C13H15BrF3N3O. The Morgan fingerprint density at radius 3 is 2.76 bits per heavy atom. The molecule has 1 aliphatic rings. The molecule has 0 aromatic carbocycles. The van der Waals surface area contributed by atoms with Gasteiger partial charge in [0.05, 0.1) is 5.56 Å². The van der Waals surface area contributed by atoms with Crippen LogP contribution in [0.5, 0.6) is 0 Å². The van der Waals surface area contributed by atoms with Crippen LogP contribution in [0.3, 0.4) is 0 Å². The first-order valence-electron chi connectivity index (χ1n) is 6.62. The van der Waals surface area contributed by atoms with E-state index in [1.165, 1.54) is 6.20 Å². The fourth-order valence-electron chi connectivity index (χ4n) is 1.78. The highest BCUT2D eigenvalue weighted by Crippen LogP contribution is 2.35. The summed E-state index contributed by atoms with van der Waals surface area (Å²) in [7, 11) is 0. The number of hydrogen-bond donors (Lipinski definition) is 2. The Hall–Kier alpha value is -1.31. The minimum Gasteiger partial charge on any atom is -0.370 e. The van der Waals surface area contributed by atoms with E-state index >= 15 is 0 Å². The van der Waals surface area contributed by atoms with Crippen molar-refractivity contribution in [2.75, 3.05) is 11.9 Å². The lowest BCUT2D eigenvalue weighted by Crippen LogP contribution is -2.25. The second-order valence-electron chi connectivity index (χ2n) is 4.92. The number of nitrogens with one attached hydrogen (secondary N) is 2. The molecule has 4 nitrogen and oxygen atoms in total. The molecule has 2 rings (SSSR count). The smallest absolute Gasteiger partial charge is 0.370 e. The van der Waals surface area contributed by atoms with Gasteiger partial charge in [-0.3, -0.25) is 4.79 Å². The van der Waals surface area contributed by atoms with Crippen molar-refractivity contribution in [3.8, 4) is 0 Å². The Morgan fingerprint density at radius 1 is 1.43 bits per heavy atom. The van der Waals surface area contributed by atoms with E-state index < -0.39 is 11.7 Å². The Labute approximate surface area is 128 Å². The van der Waals surface area contributed by atoms with Gasteiger partial charge in [-0.1, -0.05) is 0 Å². The van der Waals surface area contributed by atoms with Crippen LogP contribution in [0.15, 0.2) is 16.7 Å². The molecule has 0 saturated heterocycles. The van der Waals surface area contributed by atoms with E-state index in [0.29, 0.717) is 18.9 Å². The molecule has 2 N–H and O–H groups in total. The molecule has 0 atom stereocenters. The van der Waals surface area contributed by atoms with Crippen LogP contribution in [0.25, 0.3) is 0 Å². The van der Waals surface area contributed by atoms with Crippen molar-refractivity contribution in [3.05, 3.63) is 22.3 Å². The summed E-state index contributed by atoms with van der Waals surface area (Å²) in [6.07, 6.45) is -0.391. The predicted octanol–water partition coefficient (Wildman–Crippen LogP) is 3.33. The van der Waals surface area contributed by atoms with E-state index in [9.17, 15) is 18.0 Å². The zero-order chi connectivity index (χ0) is 15.5. The van der Waals surface area contributed by atoms with Crippen LogP contribution >= 0.6 is 15.9 Å². The molecule has 1 amide bonds. The fraction of sp³-hybridized carbons (Fsp3) is 0.538. The summed E-state index contributed by atoms with van der Waals surface area (Å²) in [4.78, 5) is 15.2. The van der Waals surface area contributed by atoms with E-state index in [1.54, 1.807) is 0 Å². The minimum absolute atomic E-state index is 0.0564. The first kappa shape index (κ1) is 16.1. The van der Waals surface area contributed by atoms with E-state index in [4.69, 9.17) is 0 Å². The molecule has 0 bridgehead atoms. The number of aromatic nitrogens is 1. The highest BCUT2D eigenvalue weighted by atomic mass is 79.9. The first-order chi connectivity index (χ1) is 9.86. The number of hydrogen-bond acceptors (Lipinski definition) is 3. The SMILES string of the molecule is O=C(CCCNc1ncc(Br)cc1C(F)(F)F)NC1CC1. The average molecular weight is 366 g/mol. The summed E-state index contributed by atoms with van der Waals surface area (Å²) in [6, 6.07) is 1.28. The number of pyridine rings is 1. The third kappa shape index (κ3) is 5.18. The summed E-state index contributed by atoms with van der Waals surface area (Å²) < 4.78 is 38.8. The normalized spacial score (nSPS) is 14.9. The Kier molecular flexibility index (Phi) is 5.08. The Bertz CT molecular complexity index is 518. The molecule has 1 aliphatic carbocycles. The van der Waals surface area contributed by atoms with Crippen molar-refractivity contribution in [1.82, 2.24) is 10.3 Å². The maximum atomic E-state index is 12.9. The molecule has 1 aromatic heterocycles. The van der Waals surface area contributed by atoms with Gasteiger partial charge < -0.3 is 10.6 Å². The largest absolute Gasteiger partial charge is 0.419 e. The zero-order valence-electron chi connectivity index (χ0n) is 11.1. The third-order valence-electron chi connectivity index (χ3n) is 2.98. The van der Waals surface area contributed by atoms with Crippen molar-refractivity contribution < 1.29 is 18.0 Å². The monoisotopic (exact) mass is 365 g/mol. The van der Waals surface area contributed by atoms with Crippen LogP contribution in [0, 0.1) is 0 Å². The van der Waals surface area contributed by atoms with Crippen molar-refractivity contribution in [2.24, 2.45) is 0 Å². The number of nitrogens with zero attached hydrogens (tertiary/aromatic N) is 1. The highest BCUT2D eigenvalue weighted by molar-refractivity contribution is 9.10. The zero-order valence-corrected chi connectivity index (χ0v) is 12.7. The van der Waals surface area contributed by atoms with Crippen molar-refractivity contribution in [2.45, 2.75) is 37.9 Å². The minimum atomic E-state index is -4.47. The van der Waals surface area contributed by atoms with Crippen LogP contribution in [0.1, 0.15) is 31.2 Å². The topological polar surface area (TPSA) is 54.0 Å². The number of halogens is 4. The van der Waals surface area contributed by atoms with Crippen molar-refractivity contribution >= 4 is 27.7 Å². The van der Waals surface area contributed by atoms with E-state index in [2.05, 4.69) is 31.5 Å². The Morgan fingerprint density at radius 2 is 2.14 bits per heavy atom. The van der Waals surface area contributed by atoms with E-state index in [-0.39, 0.29) is 22.7 Å². The molecule has 0 unspecified atom stereocenters. The van der Waals surface area contributed by atoms with Gasteiger partial charge in [-0.25, -0.2) is 4.98 Å².